The van der Waals surface area contributed by atoms with Gasteiger partial charge in [-0.15, -0.1) is 11.6 Å². The van der Waals surface area contributed by atoms with Crippen molar-refractivity contribution in [3.8, 4) is 0 Å². The van der Waals surface area contributed by atoms with Crippen molar-refractivity contribution in [2.45, 2.75) is 32.4 Å². The number of aromatic nitrogens is 2. The predicted molar refractivity (Wildman–Crippen MR) is 80.4 cm³/mol. The molecule has 0 radical (unpaired) electrons. The Labute approximate surface area is 127 Å². The molecule has 0 bridgehead atoms. The number of fused-ring (bicyclic) bond motifs is 1. The van der Waals surface area contributed by atoms with E-state index in [0.717, 1.165) is 16.9 Å². The smallest absolute Gasteiger partial charge is 0.124 e. The second-order valence-electron chi connectivity index (χ2n) is 4.29. The van der Waals surface area contributed by atoms with Crippen LogP contribution in [0.5, 0.6) is 0 Å². The van der Waals surface area contributed by atoms with E-state index in [1.165, 1.54) is 0 Å². The molecule has 1 aromatic heterocycles. The molecular formula is C13H15Cl3N2O. The minimum Gasteiger partial charge on any atom is -0.377 e. The van der Waals surface area contributed by atoms with E-state index >= 15 is 0 Å². The maximum absolute atomic E-state index is 6.07. The molecule has 1 aromatic carbocycles. The summed E-state index contributed by atoms with van der Waals surface area (Å²) in [7, 11) is 0. The minimum absolute atomic E-state index is 0.0822. The van der Waals surface area contributed by atoms with Gasteiger partial charge in [0.05, 0.1) is 39.6 Å². The average molecular weight is 322 g/mol. The molecule has 0 aliphatic carbocycles. The zero-order valence-corrected chi connectivity index (χ0v) is 13.1. The van der Waals surface area contributed by atoms with Gasteiger partial charge in [-0.2, -0.15) is 0 Å². The summed E-state index contributed by atoms with van der Waals surface area (Å²) in [5, 5.41) is 1.01. The van der Waals surface area contributed by atoms with E-state index < -0.39 is 0 Å². The van der Waals surface area contributed by atoms with Crippen molar-refractivity contribution >= 4 is 45.8 Å². The van der Waals surface area contributed by atoms with Gasteiger partial charge >= 0.3 is 0 Å². The highest BCUT2D eigenvalue weighted by Gasteiger charge is 2.14. The molecule has 1 unspecified atom stereocenters. The lowest BCUT2D eigenvalue weighted by atomic mass is 10.3. The zero-order chi connectivity index (χ0) is 14.0. The van der Waals surface area contributed by atoms with Gasteiger partial charge in [-0.25, -0.2) is 4.98 Å². The molecule has 0 N–H and O–H groups in total. The molecule has 0 aliphatic rings. The molecular weight excluding hydrogens is 307 g/mol. The topological polar surface area (TPSA) is 27.1 Å². The van der Waals surface area contributed by atoms with Crippen LogP contribution in [0.2, 0.25) is 10.0 Å². The van der Waals surface area contributed by atoms with Gasteiger partial charge in [-0.05, 0) is 26.0 Å². The Morgan fingerprint density at radius 3 is 2.63 bits per heavy atom. The number of nitrogens with zero attached hydrogens (tertiary/aromatic N) is 2. The van der Waals surface area contributed by atoms with Gasteiger partial charge in [-0.1, -0.05) is 23.2 Å². The van der Waals surface area contributed by atoms with Crippen LogP contribution in [-0.2, 0) is 17.2 Å². The summed E-state index contributed by atoms with van der Waals surface area (Å²) in [6.07, 6.45) is 0.0822. The lowest BCUT2D eigenvalue weighted by Gasteiger charge is -2.15. The summed E-state index contributed by atoms with van der Waals surface area (Å²) < 4.78 is 7.60. The Hall–Kier alpha value is -0.480. The van der Waals surface area contributed by atoms with E-state index in [1.54, 1.807) is 6.07 Å². The highest BCUT2D eigenvalue weighted by atomic mass is 35.5. The van der Waals surface area contributed by atoms with E-state index in [4.69, 9.17) is 39.5 Å². The monoisotopic (exact) mass is 320 g/mol. The molecule has 0 fully saturated rings. The van der Waals surface area contributed by atoms with Gasteiger partial charge < -0.3 is 9.30 Å². The summed E-state index contributed by atoms with van der Waals surface area (Å²) in [5.74, 6) is 1.13. The fraction of sp³-hybridized carbons (Fsp3) is 0.462. The number of ether oxygens (including phenoxy) is 1. The molecule has 3 nitrogen and oxygen atoms in total. The number of benzene rings is 1. The molecule has 0 spiro atoms. The fourth-order valence-corrected chi connectivity index (χ4v) is 2.59. The van der Waals surface area contributed by atoms with Crippen LogP contribution < -0.4 is 0 Å². The molecule has 0 saturated carbocycles. The van der Waals surface area contributed by atoms with Crippen LogP contribution in [0.1, 0.15) is 19.7 Å². The average Bonchev–Trinajstić information content (AvgIpc) is 2.68. The largest absolute Gasteiger partial charge is 0.377 e. The summed E-state index contributed by atoms with van der Waals surface area (Å²) >= 11 is 18.0. The molecule has 1 heterocycles. The second-order valence-corrected chi connectivity index (χ2v) is 5.37. The molecule has 0 saturated heterocycles. The van der Waals surface area contributed by atoms with Crippen LogP contribution in [0, 0.1) is 0 Å². The molecule has 0 aliphatic heterocycles. The first-order valence-electron chi connectivity index (χ1n) is 6.08. The molecule has 6 heteroatoms. The highest BCUT2D eigenvalue weighted by Crippen LogP contribution is 2.29. The third-order valence-corrected chi connectivity index (χ3v) is 3.84. The number of hydrogen-bond donors (Lipinski definition) is 0. The van der Waals surface area contributed by atoms with E-state index in [2.05, 4.69) is 4.98 Å². The zero-order valence-electron chi connectivity index (χ0n) is 10.8. The van der Waals surface area contributed by atoms with Gasteiger partial charge in [0, 0.05) is 6.61 Å². The normalized spacial score (nSPS) is 13.1. The fourth-order valence-electron chi connectivity index (χ4n) is 2.07. The number of imidazole rings is 1. The first-order valence-corrected chi connectivity index (χ1v) is 7.37. The quantitative estimate of drug-likeness (QED) is 0.758. The van der Waals surface area contributed by atoms with Gasteiger partial charge in [0.25, 0.3) is 0 Å². The Morgan fingerprint density at radius 1 is 1.32 bits per heavy atom. The van der Waals surface area contributed by atoms with Crippen LogP contribution in [0.4, 0.5) is 0 Å². The summed E-state index contributed by atoms with van der Waals surface area (Å²) in [6, 6.07) is 3.58. The second kappa shape index (κ2) is 6.31. The van der Waals surface area contributed by atoms with Crippen LogP contribution in [0.15, 0.2) is 12.1 Å². The third-order valence-electron chi connectivity index (χ3n) is 2.88. The standard InChI is InChI=1S/C13H15Cl3N2O/c1-3-19-8(2)7-18-12-5-10(16)9(15)4-11(12)17-13(18)6-14/h4-5,8H,3,6-7H2,1-2H3. The van der Waals surface area contributed by atoms with Crippen LogP contribution in [0.25, 0.3) is 11.0 Å². The Kier molecular flexibility index (Phi) is 4.96. The summed E-state index contributed by atoms with van der Waals surface area (Å²) in [6.45, 7) is 5.35. The van der Waals surface area contributed by atoms with Crippen LogP contribution in [0.3, 0.4) is 0 Å². The first-order chi connectivity index (χ1) is 9.06. The summed E-state index contributed by atoms with van der Waals surface area (Å²) in [5.41, 5.74) is 1.73. The number of alkyl halides is 1. The number of rotatable bonds is 5. The predicted octanol–water partition coefficient (Wildman–Crippen LogP) is 4.51. The van der Waals surface area contributed by atoms with Crippen molar-refractivity contribution in [3.63, 3.8) is 0 Å². The lowest BCUT2D eigenvalue weighted by Crippen LogP contribution is -2.17. The van der Waals surface area contributed by atoms with E-state index in [9.17, 15) is 0 Å². The van der Waals surface area contributed by atoms with Gasteiger partial charge in [0.15, 0.2) is 0 Å². The minimum atomic E-state index is 0.0822. The molecule has 104 valence electrons. The van der Waals surface area contributed by atoms with E-state index in [-0.39, 0.29) is 6.10 Å². The third kappa shape index (κ3) is 3.16. The van der Waals surface area contributed by atoms with E-state index in [0.29, 0.717) is 29.1 Å². The number of halogens is 3. The molecule has 1 atom stereocenters. The maximum atomic E-state index is 6.07. The number of hydrogen-bond acceptors (Lipinski definition) is 2. The molecule has 19 heavy (non-hydrogen) atoms. The lowest BCUT2D eigenvalue weighted by molar-refractivity contribution is 0.0643. The molecule has 2 aromatic rings. The Bertz CT molecular complexity index is 583. The van der Waals surface area contributed by atoms with Crippen LogP contribution >= 0.6 is 34.8 Å². The van der Waals surface area contributed by atoms with Crippen molar-refractivity contribution in [2.75, 3.05) is 6.61 Å². The Morgan fingerprint density at radius 2 is 2.00 bits per heavy atom. The molecule has 0 amide bonds. The van der Waals surface area contributed by atoms with Crippen molar-refractivity contribution in [1.29, 1.82) is 0 Å². The SMILES string of the molecule is CCOC(C)Cn1c(CCl)nc2cc(Cl)c(Cl)cc21. The maximum Gasteiger partial charge on any atom is 0.124 e. The van der Waals surface area contributed by atoms with Crippen LogP contribution in [-0.4, -0.2) is 22.3 Å². The van der Waals surface area contributed by atoms with Gasteiger partial charge in [0.2, 0.25) is 0 Å². The van der Waals surface area contributed by atoms with Crippen molar-refractivity contribution in [3.05, 3.63) is 28.0 Å². The van der Waals surface area contributed by atoms with Crippen molar-refractivity contribution in [1.82, 2.24) is 9.55 Å². The van der Waals surface area contributed by atoms with Crippen molar-refractivity contribution < 1.29 is 4.74 Å². The van der Waals surface area contributed by atoms with E-state index in [1.807, 2.05) is 24.5 Å². The van der Waals surface area contributed by atoms with Gasteiger partial charge in [0.1, 0.15) is 5.82 Å². The molecule has 2 rings (SSSR count). The van der Waals surface area contributed by atoms with Crippen molar-refractivity contribution in [2.24, 2.45) is 0 Å². The first kappa shape index (κ1) is 14.9. The summed E-state index contributed by atoms with van der Waals surface area (Å²) in [4.78, 5) is 4.48. The Balaban J connectivity index is 2.47. The van der Waals surface area contributed by atoms with Gasteiger partial charge in [-0.3, -0.25) is 0 Å². The highest BCUT2D eigenvalue weighted by molar-refractivity contribution is 6.42.